The SMILES string of the molecule is CCNC(CCCc1ccccc1)Cc1ccc(Br)cc1. The Morgan fingerprint density at radius 3 is 2.33 bits per heavy atom. The van der Waals surface area contributed by atoms with Crippen molar-refractivity contribution in [3.63, 3.8) is 0 Å². The smallest absolute Gasteiger partial charge is 0.0175 e. The summed E-state index contributed by atoms with van der Waals surface area (Å²) in [4.78, 5) is 0. The first-order valence-electron chi connectivity index (χ1n) is 7.79. The number of rotatable bonds is 8. The quantitative estimate of drug-likeness (QED) is 0.710. The number of nitrogens with one attached hydrogen (secondary N) is 1. The molecule has 0 aliphatic carbocycles. The second-order valence-corrected chi connectivity index (χ2v) is 6.38. The van der Waals surface area contributed by atoms with Gasteiger partial charge in [-0.05, 0) is 55.5 Å². The van der Waals surface area contributed by atoms with Gasteiger partial charge in [0.1, 0.15) is 0 Å². The normalized spacial score (nSPS) is 12.3. The fourth-order valence-corrected chi connectivity index (χ4v) is 2.93. The summed E-state index contributed by atoms with van der Waals surface area (Å²) >= 11 is 3.49. The van der Waals surface area contributed by atoms with Crippen molar-refractivity contribution in [2.24, 2.45) is 0 Å². The minimum absolute atomic E-state index is 0.569. The van der Waals surface area contributed by atoms with E-state index in [2.05, 4.69) is 82.8 Å². The summed E-state index contributed by atoms with van der Waals surface area (Å²) < 4.78 is 1.15. The molecule has 0 spiro atoms. The van der Waals surface area contributed by atoms with Crippen molar-refractivity contribution in [1.82, 2.24) is 5.32 Å². The van der Waals surface area contributed by atoms with Crippen molar-refractivity contribution in [3.8, 4) is 0 Å². The van der Waals surface area contributed by atoms with E-state index in [1.54, 1.807) is 0 Å². The van der Waals surface area contributed by atoms with Gasteiger partial charge < -0.3 is 5.32 Å². The van der Waals surface area contributed by atoms with Gasteiger partial charge in [-0.3, -0.25) is 0 Å². The minimum Gasteiger partial charge on any atom is -0.314 e. The summed E-state index contributed by atoms with van der Waals surface area (Å²) in [5.41, 5.74) is 2.85. The van der Waals surface area contributed by atoms with Crippen LogP contribution < -0.4 is 5.32 Å². The van der Waals surface area contributed by atoms with Gasteiger partial charge >= 0.3 is 0 Å². The average Bonchev–Trinajstić information content (AvgIpc) is 2.51. The molecule has 1 N–H and O–H groups in total. The van der Waals surface area contributed by atoms with Crippen LogP contribution >= 0.6 is 15.9 Å². The molecular formula is C19H24BrN. The lowest BCUT2D eigenvalue weighted by molar-refractivity contribution is 0.476. The summed E-state index contributed by atoms with van der Waals surface area (Å²) in [6.07, 6.45) is 4.73. The van der Waals surface area contributed by atoms with Crippen LogP contribution in [0, 0.1) is 0 Å². The molecule has 1 nitrogen and oxygen atoms in total. The van der Waals surface area contributed by atoms with Crippen LogP contribution in [0.5, 0.6) is 0 Å². The Labute approximate surface area is 136 Å². The van der Waals surface area contributed by atoms with E-state index < -0.39 is 0 Å². The number of aryl methyl sites for hydroxylation is 1. The molecule has 0 fully saturated rings. The van der Waals surface area contributed by atoms with E-state index in [1.165, 1.54) is 30.4 Å². The van der Waals surface area contributed by atoms with E-state index in [1.807, 2.05) is 0 Å². The second-order valence-electron chi connectivity index (χ2n) is 5.46. The number of hydrogen-bond acceptors (Lipinski definition) is 1. The molecule has 1 atom stereocenters. The van der Waals surface area contributed by atoms with Crippen molar-refractivity contribution < 1.29 is 0 Å². The Morgan fingerprint density at radius 1 is 0.952 bits per heavy atom. The van der Waals surface area contributed by atoms with Crippen LogP contribution in [-0.4, -0.2) is 12.6 Å². The Balaban J connectivity index is 1.82. The van der Waals surface area contributed by atoms with E-state index in [4.69, 9.17) is 0 Å². The summed E-state index contributed by atoms with van der Waals surface area (Å²) in [5, 5.41) is 3.62. The maximum Gasteiger partial charge on any atom is 0.0175 e. The highest BCUT2D eigenvalue weighted by molar-refractivity contribution is 9.10. The van der Waals surface area contributed by atoms with Crippen LogP contribution in [0.1, 0.15) is 30.9 Å². The van der Waals surface area contributed by atoms with E-state index in [0.29, 0.717) is 6.04 Å². The van der Waals surface area contributed by atoms with Gasteiger partial charge in [-0.1, -0.05) is 65.3 Å². The average molecular weight is 346 g/mol. The van der Waals surface area contributed by atoms with Crippen molar-refractivity contribution >= 4 is 15.9 Å². The second kappa shape index (κ2) is 9.01. The van der Waals surface area contributed by atoms with Crippen LogP contribution in [0.25, 0.3) is 0 Å². The van der Waals surface area contributed by atoms with Gasteiger partial charge in [-0.15, -0.1) is 0 Å². The highest BCUT2D eigenvalue weighted by atomic mass is 79.9. The lowest BCUT2D eigenvalue weighted by Crippen LogP contribution is -2.31. The number of likely N-dealkylation sites (N-methyl/N-ethyl adjacent to an activating group) is 1. The largest absolute Gasteiger partial charge is 0.314 e. The monoisotopic (exact) mass is 345 g/mol. The van der Waals surface area contributed by atoms with Crippen LogP contribution in [-0.2, 0) is 12.8 Å². The number of hydrogen-bond donors (Lipinski definition) is 1. The van der Waals surface area contributed by atoms with Gasteiger partial charge in [-0.2, -0.15) is 0 Å². The molecule has 112 valence electrons. The van der Waals surface area contributed by atoms with Gasteiger partial charge in [0.25, 0.3) is 0 Å². The molecule has 2 rings (SSSR count). The van der Waals surface area contributed by atoms with E-state index in [0.717, 1.165) is 17.4 Å². The predicted octanol–water partition coefficient (Wildman–Crippen LogP) is 4.99. The van der Waals surface area contributed by atoms with Crippen LogP contribution in [0.3, 0.4) is 0 Å². The highest BCUT2D eigenvalue weighted by Gasteiger charge is 2.08. The topological polar surface area (TPSA) is 12.0 Å². The van der Waals surface area contributed by atoms with Crippen molar-refractivity contribution in [3.05, 3.63) is 70.2 Å². The third kappa shape index (κ3) is 6.03. The van der Waals surface area contributed by atoms with Gasteiger partial charge in [0, 0.05) is 10.5 Å². The van der Waals surface area contributed by atoms with Gasteiger partial charge in [0.15, 0.2) is 0 Å². The molecule has 0 amide bonds. The summed E-state index contributed by atoms with van der Waals surface area (Å²) in [6, 6.07) is 20.0. The first-order valence-corrected chi connectivity index (χ1v) is 8.59. The first-order chi connectivity index (χ1) is 10.3. The molecule has 21 heavy (non-hydrogen) atoms. The fraction of sp³-hybridized carbons (Fsp3) is 0.368. The molecule has 1 unspecified atom stereocenters. The van der Waals surface area contributed by atoms with E-state index >= 15 is 0 Å². The van der Waals surface area contributed by atoms with Crippen LogP contribution in [0.15, 0.2) is 59.1 Å². The van der Waals surface area contributed by atoms with Crippen LogP contribution in [0.4, 0.5) is 0 Å². The van der Waals surface area contributed by atoms with E-state index in [-0.39, 0.29) is 0 Å². The molecule has 0 aliphatic rings. The molecule has 0 radical (unpaired) electrons. The molecular weight excluding hydrogens is 322 g/mol. The van der Waals surface area contributed by atoms with Gasteiger partial charge in [0.2, 0.25) is 0 Å². The van der Waals surface area contributed by atoms with Crippen molar-refractivity contribution in [2.75, 3.05) is 6.54 Å². The summed E-state index contributed by atoms with van der Waals surface area (Å²) in [7, 11) is 0. The molecule has 2 heteroatoms. The molecule has 0 heterocycles. The Hall–Kier alpha value is -1.12. The lowest BCUT2D eigenvalue weighted by atomic mass is 9.99. The maximum atomic E-state index is 3.62. The standard InChI is InChI=1S/C19H24BrN/c1-2-21-19(15-17-11-13-18(20)14-12-17)10-6-9-16-7-4-3-5-8-16/h3-5,7-8,11-14,19,21H,2,6,9-10,15H2,1H3. The number of benzene rings is 2. The lowest BCUT2D eigenvalue weighted by Gasteiger charge is -2.18. The Kier molecular flexibility index (Phi) is 6.98. The summed E-state index contributed by atoms with van der Waals surface area (Å²) in [5.74, 6) is 0. The van der Waals surface area contributed by atoms with Crippen molar-refractivity contribution in [2.45, 2.75) is 38.6 Å². The zero-order valence-corrected chi connectivity index (χ0v) is 14.3. The fourth-order valence-electron chi connectivity index (χ4n) is 2.67. The molecule has 2 aromatic rings. The molecule has 2 aromatic carbocycles. The summed E-state index contributed by atoms with van der Waals surface area (Å²) in [6.45, 7) is 3.22. The van der Waals surface area contributed by atoms with Gasteiger partial charge in [0.05, 0.1) is 0 Å². The van der Waals surface area contributed by atoms with Gasteiger partial charge in [-0.25, -0.2) is 0 Å². The zero-order chi connectivity index (χ0) is 14.9. The molecule has 0 saturated carbocycles. The minimum atomic E-state index is 0.569. The Morgan fingerprint density at radius 2 is 1.67 bits per heavy atom. The molecule has 0 saturated heterocycles. The molecule has 0 aromatic heterocycles. The third-order valence-corrected chi connectivity index (χ3v) is 4.28. The molecule has 0 aliphatic heterocycles. The van der Waals surface area contributed by atoms with Crippen LogP contribution in [0.2, 0.25) is 0 Å². The Bertz CT molecular complexity index is 507. The predicted molar refractivity (Wildman–Crippen MR) is 94.7 cm³/mol. The number of halogens is 1. The highest BCUT2D eigenvalue weighted by Crippen LogP contribution is 2.14. The molecule has 0 bridgehead atoms. The first kappa shape index (κ1) is 16.3. The van der Waals surface area contributed by atoms with E-state index in [9.17, 15) is 0 Å². The zero-order valence-electron chi connectivity index (χ0n) is 12.7. The maximum absolute atomic E-state index is 3.62. The third-order valence-electron chi connectivity index (χ3n) is 3.75. The van der Waals surface area contributed by atoms with Crippen molar-refractivity contribution in [1.29, 1.82) is 0 Å².